The van der Waals surface area contributed by atoms with Gasteiger partial charge in [0.15, 0.2) is 11.5 Å². The molecule has 0 spiro atoms. The van der Waals surface area contributed by atoms with E-state index in [1.807, 2.05) is 6.07 Å². The molecule has 1 saturated heterocycles. The number of methoxy groups -OCH3 is 2. The largest absolute Gasteiger partial charge is 0.493 e. The zero-order chi connectivity index (χ0) is 15.2. The van der Waals surface area contributed by atoms with Gasteiger partial charge in [-0.3, -0.25) is 9.80 Å². The molecule has 4 nitrogen and oxygen atoms in total. The lowest BCUT2D eigenvalue weighted by Crippen LogP contribution is -2.48. The molecule has 1 aliphatic rings. The third-order valence-electron chi connectivity index (χ3n) is 4.48. The first-order valence-electron chi connectivity index (χ1n) is 7.85. The molecule has 1 aromatic rings. The smallest absolute Gasteiger partial charge is 0.161 e. The van der Waals surface area contributed by atoms with Crippen molar-refractivity contribution in [3.8, 4) is 11.5 Å². The highest BCUT2D eigenvalue weighted by Crippen LogP contribution is 2.28. The summed E-state index contributed by atoms with van der Waals surface area (Å²) in [5, 5.41) is 0. The van der Waals surface area contributed by atoms with Crippen LogP contribution >= 0.6 is 0 Å². The van der Waals surface area contributed by atoms with Crippen molar-refractivity contribution in [2.45, 2.75) is 32.9 Å². The summed E-state index contributed by atoms with van der Waals surface area (Å²) in [6.45, 7) is 10.2. The Morgan fingerprint density at radius 1 is 1.05 bits per heavy atom. The third-order valence-corrected chi connectivity index (χ3v) is 4.48. The number of ether oxygens (including phenoxy) is 2. The summed E-state index contributed by atoms with van der Waals surface area (Å²) < 4.78 is 10.7. The molecule has 0 N–H and O–H groups in total. The maximum Gasteiger partial charge on any atom is 0.161 e. The van der Waals surface area contributed by atoms with Crippen molar-refractivity contribution < 1.29 is 9.47 Å². The Bertz CT molecular complexity index is 442. The number of rotatable bonds is 6. The highest BCUT2D eigenvalue weighted by atomic mass is 16.5. The predicted molar refractivity (Wildman–Crippen MR) is 86.1 cm³/mol. The van der Waals surface area contributed by atoms with Gasteiger partial charge in [-0.15, -0.1) is 0 Å². The Labute approximate surface area is 128 Å². The van der Waals surface area contributed by atoms with Crippen LogP contribution < -0.4 is 9.47 Å². The monoisotopic (exact) mass is 292 g/mol. The lowest BCUT2D eigenvalue weighted by atomic mass is 10.1. The standard InChI is InChI=1S/C17H28N2O2/c1-5-14(2)19-10-8-18(9-11-19)13-15-6-7-16(20-3)17(12-15)21-4/h6-7,12,14H,5,8-11,13H2,1-4H3/t14-/m1/s1. The molecule has 1 atom stereocenters. The quantitative estimate of drug-likeness (QED) is 0.805. The van der Waals surface area contributed by atoms with Gasteiger partial charge in [-0.25, -0.2) is 0 Å². The Kier molecular flexibility index (Phi) is 5.88. The molecule has 21 heavy (non-hydrogen) atoms. The van der Waals surface area contributed by atoms with Gasteiger partial charge in [0.1, 0.15) is 0 Å². The van der Waals surface area contributed by atoms with E-state index in [1.165, 1.54) is 25.1 Å². The molecule has 0 bridgehead atoms. The van der Waals surface area contributed by atoms with E-state index in [0.717, 1.165) is 31.1 Å². The van der Waals surface area contributed by atoms with Gasteiger partial charge in [-0.1, -0.05) is 13.0 Å². The minimum absolute atomic E-state index is 0.702. The van der Waals surface area contributed by atoms with E-state index in [4.69, 9.17) is 9.47 Å². The minimum Gasteiger partial charge on any atom is -0.493 e. The average molecular weight is 292 g/mol. The first-order chi connectivity index (χ1) is 10.2. The molecule has 2 rings (SSSR count). The molecule has 1 heterocycles. The Balaban J connectivity index is 1.91. The van der Waals surface area contributed by atoms with E-state index in [0.29, 0.717) is 6.04 Å². The number of hydrogen-bond donors (Lipinski definition) is 0. The molecular formula is C17H28N2O2. The molecule has 0 amide bonds. The number of nitrogens with zero attached hydrogens (tertiary/aromatic N) is 2. The lowest BCUT2D eigenvalue weighted by molar-refractivity contribution is 0.0963. The second kappa shape index (κ2) is 7.66. The van der Waals surface area contributed by atoms with Gasteiger partial charge in [0, 0.05) is 38.8 Å². The highest BCUT2D eigenvalue weighted by molar-refractivity contribution is 5.42. The second-order valence-electron chi connectivity index (χ2n) is 5.76. The highest BCUT2D eigenvalue weighted by Gasteiger charge is 2.20. The van der Waals surface area contributed by atoms with Crippen molar-refractivity contribution in [3.63, 3.8) is 0 Å². The van der Waals surface area contributed by atoms with Crippen molar-refractivity contribution in [3.05, 3.63) is 23.8 Å². The van der Waals surface area contributed by atoms with E-state index in [-0.39, 0.29) is 0 Å². The van der Waals surface area contributed by atoms with E-state index in [1.54, 1.807) is 14.2 Å². The zero-order valence-electron chi connectivity index (χ0n) is 13.8. The maximum atomic E-state index is 5.38. The number of piperazine rings is 1. The summed E-state index contributed by atoms with van der Waals surface area (Å²) in [7, 11) is 3.36. The van der Waals surface area contributed by atoms with Crippen LogP contribution in [-0.4, -0.2) is 56.2 Å². The van der Waals surface area contributed by atoms with Crippen LogP contribution in [0.25, 0.3) is 0 Å². The van der Waals surface area contributed by atoms with Crippen molar-refractivity contribution in [1.82, 2.24) is 9.80 Å². The van der Waals surface area contributed by atoms with Gasteiger partial charge < -0.3 is 9.47 Å². The van der Waals surface area contributed by atoms with Gasteiger partial charge in [0.05, 0.1) is 14.2 Å². The summed E-state index contributed by atoms with van der Waals surface area (Å²) in [6, 6.07) is 6.90. The van der Waals surface area contributed by atoms with Crippen molar-refractivity contribution in [2.75, 3.05) is 40.4 Å². The summed E-state index contributed by atoms with van der Waals surface area (Å²) in [5.74, 6) is 1.61. The van der Waals surface area contributed by atoms with Crippen LogP contribution in [0.2, 0.25) is 0 Å². The molecule has 0 radical (unpaired) electrons. The van der Waals surface area contributed by atoms with E-state index >= 15 is 0 Å². The number of benzene rings is 1. The molecule has 1 aromatic carbocycles. The van der Waals surface area contributed by atoms with Gasteiger partial charge >= 0.3 is 0 Å². The summed E-state index contributed by atoms with van der Waals surface area (Å²) in [5.41, 5.74) is 1.28. The van der Waals surface area contributed by atoms with Crippen LogP contribution in [0.4, 0.5) is 0 Å². The zero-order valence-corrected chi connectivity index (χ0v) is 13.8. The van der Waals surface area contributed by atoms with Gasteiger partial charge in [0.25, 0.3) is 0 Å². The summed E-state index contributed by atoms with van der Waals surface area (Å²) in [6.07, 6.45) is 1.23. The molecular weight excluding hydrogens is 264 g/mol. The molecule has 4 heteroatoms. The van der Waals surface area contributed by atoms with Crippen molar-refractivity contribution >= 4 is 0 Å². The Hall–Kier alpha value is -1.26. The second-order valence-corrected chi connectivity index (χ2v) is 5.76. The van der Waals surface area contributed by atoms with Crippen LogP contribution in [0.1, 0.15) is 25.8 Å². The number of hydrogen-bond acceptors (Lipinski definition) is 4. The topological polar surface area (TPSA) is 24.9 Å². The SMILES string of the molecule is CC[C@@H](C)N1CCN(Cc2ccc(OC)c(OC)c2)CC1. The van der Waals surface area contributed by atoms with Gasteiger partial charge in [-0.05, 0) is 31.0 Å². The van der Waals surface area contributed by atoms with Gasteiger partial charge in [0.2, 0.25) is 0 Å². The van der Waals surface area contributed by atoms with Crippen molar-refractivity contribution in [1.29, 1.82) is 0 Å². The first-order valence-corrected chi connectivity index (χ1v) is 7.85. The predicted octanol–water partition coefficient (Wildman–Crippen LogP) is 2.62. The van der Waals surface area contributed by atoms with Crippen LogP contribution in [0, 0.1) is 0 Å². The molecule has 0 aliphatic carbocycles. The van der Waals surface area contributed by atoms with Gasteiger partial charge in [-0.2, -0.15) is 0 Å². The van der Waals surface area contributed by atoms with Crippen LogP contribution in [0.5, 0.6) is 11.5 Å². The minimum atomic E-state index is 0.702. The summed E-state index contributed by atoms with van der Waals surface area (Å²) in [4.78, 5) is 5.10. The first kappa shape index (κ1) is 16.1. The molecule has 0 aromatic heterocycles. The Morgan fingerprint density at radius 3 is 2.29 bits per heavy atom. The summed E-state index contributed by atoms with van der Waals surface area (Å²) >= 11 is 0. The van der Waals surface area contributed by atoms with Crippen LogP contribution in [-0.2, 0) is 6.54 Å². The fraction of sp³-hybridized carbons (Fsp3) is 0.647. The molecule has 0 saturated carbocycles. The molecule has 1 fully saturated rings. The van der Waals surface area contributed by atoms with E-state index in [9.17, 15) is 0 Å². The molecule has 1 aliphatic heterocycles. The third kappa shape index (κ3) is 4.11. The average Bonchev–Trinajstić information content (AvgIpc) is 2.54. The van der Waals surface area contributed by atoms with Crippen LogP contribution in [0.3, 0.4) is 0 Å². The lowest BCUT2D eigenvalue weighted by Gasteiger charge is -2.37. The Morgan fingerprint density at radius 2 is 1.71 bits per heavy atom. The molecule has 0 unspecified atom stereocenters. The molecule has 118 valence electrons. The van der Waals surface area contributed by atoms with E-state index < -0.39 is 0 Å². The van der Waals surface area contributed by atoms with Crippen LogP contribution in [0.15, 0.2) is 18.2 Å². The van der Waals surface area contributed by atoms with Crippen molar-refractivity contribution in [2.24, 2.45) is 0 Å². The fourth-order valence-electron chi connectivity index (χ4n) is 2.86. The normalized spacial score (nSPS) is 18.5. The maximum absolute atomic E-state index is 5.38. The van der Waals surface area contributed by atoms with E-state index in [2.05, 4.69) is 35.8 Å². The fourth-order valence-corrected chi connectivity index (χ4v) is 2.86.